The van der Waals surface area contributed by atoms with Crippen LogP contribution in [0.4, 0.5) is 0 Å². The van der Waals surface area contributed by atoms with Crippen molar-refractivity contribution in [1.29, 1.82) is 0 Å². The minimum atomic E-state index is -3.22. The van der Waals surface area contributed by atoms with E-state index in [1.54, 1.807) is 13.8 Å². The van der Waals surface area contributed by atoms with Gasteiger partial charge in [0.05, 0.1) is 5.56 Å². The number of rotatable bonds is 2. The van der Waals surface area contributed by atoms with Gasteiger partial charge in [0.2, 0.25) is 0 Å². The van der Waals surface area contributed by atoms with Crippen molar-refractivity contribution >= 4 is 36.2 Å². The molecule has 1 unspecified atom stereocenters. The molecule has 4 nitrogen and oxygen atoms in total. The molecule has 0 saturated carbocycles. The quantitative estimate of drug-likeness (QED) is 0.684. The van der Waals surface area contributed by atoms with Gasteiger partial charge in [-0.3, -0.25) is 0 Å². The molecule has 22 heavy (non-hydrogen) atoms. The number of carbonyl (C=O) groups excluding carboxylic acids is 1. The first-order chi connectivity index (χ1) is 10.3. The normalized spacial score (nSPS) is 11.2. The number of carbonyl (C=O) groups is 1. The van der Waals surface area contributed by atoms with E-state index in [9.17, 15) is 9.36 Å². The maximum atomic E-state index is 11.5. The molecule has 0 bridgehead atoms. The van der Waals surface area contributed by atoms with E-state index >= 15 is 0 Å². The average Bonchev–Trinajstić information content (AvgIpc) is 2.38. The molecule has 0 radical (unpaired) electrons. The Balaban J connectivity index is 0.000000287. The molecule has 112 valence electrons. The van der Waals surface area contributed by atoms with E-state index < -0.39 is 14.2 Å². The summed E-state index contributed by atoms with van der Waals surface area (Å²) in [5.74, 6) is -0.739. The fourth-order valence-corrected chi connectivity index (χ4v) is 2.43. The molecular formula is C16H18LiO4P. The van der Waals surface area contributed by atoms with E-state index in [1.165, 1.54) is 4.24 Å². The van der Waals surface area contributed by atoms with Crippen LogP contribution in [0.25, 0.3) is 0 Å². The standard InChI is InChI=1S/C10H13O4P.C6H5.Li/c1-6-4-7(2)9(8(3)5-6)10(11)14-15(12)13;1-2-4-6-5-3-1;/h4-5,15H,1-3H3,(H,12,13);1-5H;. The number of aryl methyl sites for hydroxylation is 3. The molecule has 0 aliphatic heterocycles. The van der Waals surface area contributed by atoms with Crippen LogP contribution in [-0.4, -0.2) is 28.6 Å². The molecule has 1 atom stereocenters. The van der Waals surface area contributed by atoms with E-state index in [1.807, 2.05) is 37.3 Å². The summed E-state index contributed by atoms with van der Waals surface area (Å²) in [4.78, 5) is 20.0. The summed E-state index contributed by atoms with van der Waals surface area (Å²) in [6, 6.07) is 13.9. The molecule has 0 heterocycles. The van der Waals surface area contributed by atoms with Gasteiger partial charge in [0.15, 0.2) is 0 Å². The van der Waals surface area contributed by atoms with Crippen molar-refractivity contribution in [3.8, 4) is 0 Å². The zero-order chi connectivity index (χ0) is 16.7. The van der Waals surface area contributed by atoms with E-state index in [2.05, 4.69) is 34.4 Å². The summed E-state index contributed by atoms with van der Waals surface area (Å²) < 4.78 is 16.0. The van der Waals surface area contributed by atoms with Crippen LogP contribution in [0.3, 0.4) is 0 Å². The first kappa shape index (κ1) is 18.7. The van der Waals surface area contributed by atoms with Crippen LogP contribution in [-0.2, 0) is 9.09 Å². The van der Waals surface area contributed by atoms with Crippen molar-refractivity contribution in [2.24, 2.45) is 0 Å². The van der Waals surface area contributed by atoms with Gasteiger partial charge >= 0.3 is 66.5 Å². The topological polar surface area (TPSA) is 63.6 Å². The first-order valence-corrected chi connectivity index (χ1v) is 8.12. The third kappa shape index (κ3) is 6.21. The number of hydrogen-bond acceptors (Lipinski definition) is 3. The van der Waals surface area contributed by atoms with Crippen LogP contribution >= 0.6 is 8.25 Å². The molecule has 0 aliphatic carbocycles. The Labute approximate surface area is 140 Å². The number of hydrogen-bond donors (Lipinski definition) is 1. The molecule has 0 spiro atoms. The monoisotopic (exact) mass is 312 g/mol. The summed E-state index contributed by atoms with van der Waals surface area (Å²) >= 11 is 2.08. The maximum absolute atomic E-state index is 11.5. The Morgan fingerprint density at radius 1 is 1.09 bits per heavy atom. The Bertz CT molecular complexity index is 648. The van der Waals surface area contributed by atoms with Gasteiger partial charge in [-0.25, -0.2) is 9.36 Å². The molecule has 2 rings (SSSR count). The van der Waals surface area contributed by atoms with Crippen molar-refractivity contribution in [2.45, 2.75) is 20.8 Å². The van der Waals surface area contributed by atoms with Crippen LogP contribution in [0.1, 0.15) is 27.0 Å². The second kappa shape index (κ2) is 8.98. The third-order valence-electron chi connectivity index (χ3n) is 3.00. The first-order valence-electron chi connectivity index (χ1n) is 6.86. The zero-order valence-corrected chi connectivity index (χ0v) is 14.2. The van der Waals surface area contributed by atoms with Gasteiger partial charge in [0.25, 0.3) is 0 Å². The predicted molar refractivity (Wildman–Crippen MR) is 89.1 cm³/mol. The molecular weight excluding hydrogens is 294 g/mol. The van der Waals surface area contributed by atoms with Gasteiger partial charge in [-0.1, -0.05) is 17.7 Å². The van der Waals surface area contributed by atoms with E-state index in [4.69, 9.17) is 4.89 Å². The SMILES string of the molecule is Cc1cc(C)c(C(=O)O[PH](=O)O)c(C)c1.[Li][c]1ccccc1. The molecule has 0 fully saturated rings. The molecule has 6 heteroatoms. The fourth-order valence-electron chi connectivity index (χ4n) is 2.17. The summed E-state index contributed by atoms with van der Waals surface area (Å²) in [7, 11) is -3.22. The minimum absolute atomic E-state index is 0.369. The summed E-state index contributed by atoms with van der Waals surface area (Å²) in [6.45, 7) is 5.46. The Kier molecular flexibility index (Phi) is 7.65. The molecule has 2 aromatic rings. The van der Waals surface area contributed by atoms with E-state index in [0.717, 1.165) is 16.7 Å². The average molecular weight is 312 g/mol. The summed E-state index contributed by atoms with van der Waals surface area (Å²) in [5, 5.41) is 0. The van der Waals surface area contributed by atoms with Crippen LogP contribution in [0, 0.1) is 20.8 Å². The third-order valence-corrected chi connectivity index (χ3v) is 3.36. The van der Waals surface area contributed by atoms with Crippen LogP contribution in [0.15, 0.2) is 42.5 Å². The fraction of sp³-hybridized carbons (Fsp3) is 0.188. The van der Waals surface area contributed by atoms with E-state index in [0.29, 0.717) is 5.56 Å². The number of benzene rings is 2. The van der Waals surface area contributed by atoms with Crippen molar-refractivity contribution in [3.05, 3.63) is 64.7 Å². The molecule has 1 N–H and O–H groups in total. The Hall–Kier alpha value is -1.30. The zero-order valence-electron chi connectivity index (χ0n) is 13.2. The van der Waals surface area contributed by atoms with Gasteiger partial charge in [0.1, 0.15) is 0 Å². The Morgan fingerprint density at radius 2 is 1.59 bits per heavy atom. The second-order valence-electron chi connectivity index (χ2n) is 5.08. The molecule has 0 saturated heterocycles. The van der Waals surface area contributed by atoms with Crippen LogP contribution < -0.4 is 4.24 Å². The Morgan fingerprint density at radius 3 is 1.95 bits per heavy atom. The van der Waals surface area contributed by atoms with Crippen LogP contribution in [0.2, 0.25) is 0 Å². The predicted octanol–water partition coefficient (Wildman–Crippen LogP) is 2.63. The van der Waals surface area contributed by atoms with Crippen molar-refractivity contribution in [2.75, 3.05) is 0 Å². The molecule has 0 aliphatic rings. The van der Waals surface area contributed by atoms with Gasteiger partial charge < -0.3 is 9.42 Å². The van der Waals surface area contributed by atoms with Gasteiger partial charge in [-0.05, 0) is 31.9 Å². The van der Waals surface area contributed by atoms with Gasteiger partial charge in [-0.2, -0.15) is 0 Å². The van der Waals surface area contributed by atoms with Crippen molar-refractivity contribution in [3.63, 3.8) is 0 Å². The van der Waals surface area contributed by atoms with Gasteiger partial charge in [-0.15, -0.1) is 0 Å². The summed E-state index contributed by atoms with van der Waals surface area (Å²) in [6.07, 6.45) is 0. The van der Waals surface area contributed by atoms with Crippen LogP contribution in [0.5, 0.6) is 0 Å². The summed E-state index contributed by atoms with van der Waals surface area (Å²) in [5.41, 5.74) is 2.91. The molecule has 0 aromatic heterocycles. The van der Waals surface area contributed by atoms with E-state index in [-0.39, 0.29) is 0 Å². The van der Waals surface area contributed by atoms with Crippen molar-refractivity contribution < 1.29 is 18.8 Å². The molecule has 2 aromatic carbocycles. The van der Waals surface area contributed by atoms with Crippen molar-refractivity contribution in [1.82, 2.24) is 0 Å². The van der Waals surface area contributed by atoms with Gasteiger partial charge in [0, 0.05) is 0 Å². The second-order valence-corrected chi connectivity index (χ2v) is 5.82. The molecule has 0 amide bonds.